The van der Waals surface area contributed by atoms with Gasteiger partial charge in [0.1, 0.15) is 17.6 Å². The van der Waals surface area contributed by atoms with E-state index in [1.807, 2.05) is 6.92 Å². The van der Waals surface area contributed by atoms with Gasteiger partial charge < -0.3 is 30.3 Å². The van der Waals surface area contributed by atoms with Gasteiger partial charge in [-0.1, -0.05) is 6.92 Å². The molecule has 3 rings (SSSR count). The van der Waals surface area contributed by atoms with Crippen LogP contribution < -0.4 is 4.74 Å². The number of aryl methyl sites for hydroxylation is 1. The van der Waals surface area contributed by atoms with Crippen molar-refractivity contribution in [1.29, 1.82) is 0 Å². The molecule has 0 saturated heterocycles. The number of aliphatic hydroxyl groups excluding tert-OH is 1. The Bertz CT molecular complexity index is 747. The number of fused-ring (bicyclic) bond motifs is 1. The molecular formula is C17H18O6. The molecule has 2 aromatic carbocycles. The molecule has 6 nitrogen and oxygen atoms in total. The van der Waals surface area contributed by atoms with E-state index < -0.39 is 29.5 Å². The summed E-state index contributed by atoms with van der Waals surface area (Å²) in [5.74, 6) is -1.38. The summed E-state index contributed by atoms with van der Waals surface area (Å²) in [6.45, 7) is 3.59. The molecule has 0 spiro atoms. The minimum Gasteiger partial charge on any atom is -0.508 e. The Hall–Kier alpha value is -2.60. The van der Waals surface area contributed by atoms with Gasteiger partial charge >= 0.3 is 0 Å². The van der Waals surface area contributed by atoms with Gasteiger partial charge in [0, 0.05) is 23.1 Å². The Morgan fingerprint density at radius 1 is 0.913 bits per heavy atom. The summed E-state index contributed by atoms with van der Waals surface area (Å²) in [4.78, 5) is 0. The van der Waals surface area contributed by atoms with E-state index in [2.05, 4.69) is 0 Å². The van der Waals surface area contributed by atoms with Crippen LogP contribution in [0.15, 0.2) is 24.3 Å². The second-order valence-corrected chi connectivity index (χ2v) is 5.90. The van der Waals surface area contributed by atoms with E-state index in [1.165, 1.54) is 18.2 Å². The Labute approximate surface area is 132 Å². The van der Waals surface area contributed by atoms with Crippen molar-refractivity contribution in [1.82, 2.24) is 0 Å². The molecule has 0 aromatic heterocycles. The molecule has 6 heteroatoms. The lowest BCUT2D eigenvalue weighted by Crippen LogP contribution is -2.33. The molecule has 0 radical (unpaired) electrons. The van der Waals surface area contributed by atoms with Crippen LogP contribution in [0.3, 0.4) is 0 Å². The summed E-state index contributed by atoms with van der Waals surface area (Å²) < 4.78 is 5.77. The van der Waals surface area contributed by atoms with Crippen LogP contribution in [0.5, 0.6) is 28.7 Å². The summed E-state index contributed by atoms with van der Waals surface area (Å²) in [7, 11) is 0. The Balaban J connectivity index is 2.07. The number of aliphatic hydroxyl groups is 1. The van der Waals surface area contributed by atoms with E-state index in [1.54, 1.807) is 13.0 Å². The third kappa shape index (κ3) is 2.41. The normalized spacial score (nSPS) is 23.2. The van der Waals surface area contributed by atoms with E-state index in [4.69, 9.17) is 4.74 Å². The van der Waals surface area contributed by atoms with Gasteiger partial charge in [-0.3, -0.25) is 0 Å². The quantitative estimate of drug-likeness (QED) is 0.517. The summed E-state index contributed by atoms with van der Waals surface area (Å²) >= 11 is 0. The van der Waals surface area contributed by atoms with Crippen LogP contribution >= 0.6 is 0 Å². The van der Waals surface area contributed by atoms with Crippen molar-refractivity contribution < 1.29 is 30.3 Å². The third-order valence-corrected chi connectivity index (χ3v) is 4.32. The van der Waals surface area contributed by atoms with Crippen LogP contribution in [0.4, 0.5) is 0 Å². The number of ether oxygens (including phenoxy) is 1. The molecule has 0 bridgehead atoms. The minimum atomic E-state index is -0.921. The maximum Gasteiger partial charge on any atom is 0.200 e. The number of rotatable bonds is 1. The zero-order chi connectivity index (χ0) is 16.9. The number of hydrogen-bond donors (Lipinski definition) is 5. The molecule has 1 heterocycles. The monoisotopic (exact) mass is 318 g/mol. The van der Waals surface area contributed by atoms with E-state index >= 15 is 0 Å². The van der Waals surface area contributed by atoms with Gasteiger partial charge in [-0.2, -0.15) is 0 Å². The molecule has 1 aliphatic rings. The SMILES string of the molecule is Cc1cc2c(cc1O)O[C@H](c1cc(O)c(O)c(O)c1)[C@@H](O)C2C. The van der Waals surface area contributed by atoms with Crippen molar-refractivity contribution in [2.75, 3.05) is 0 Å². The minimum absolute atomic E-state index is 0.0856. The Morgan fingerprint density at radius 2 is 1.52 bits per heavy atom. The number of hydrogen-bond acceptors (Lipinski definition) is 6. The van der Waals surface area contributed by atoms with Gasteiger partial charge in [-0.05, 0) is 30.7 Å². The Kier molecular flexibility index (Phi) is 3.49. The molecule has 0 saturated carbocycles. The molecule has 1 aliphatic heterocycles. The maximum absolute atomic E-state index is 10.5. The van der Waals surface area contributed by atoms with E-state index in [-0.39, 0.29) is 11.7 Å². The lowest BCUT2D eigenvalue weighted by atomic mass is 9.85. The average Bonchev–Trinajstić information content (AvgIpc) is 2.50. The van der Waals surface area contributed by atoms with Crippen molar-refractivity contribution in [3.05, 3.63) is 41.0 Å². The third-order valence-electron chi connectivity index (χ3n) is 4.32. The fourth-order valence-corrected chi connectivity index (χ4v) is 2.87. The maximum atomic E-state index is 10.5. The molecular weight excluding hydrogens is 300 g/mol. The second-order valence-electron chi connectivity index (χ2n) is 5.90. The molecule has 5 N–H and O–H groups in total. The van der Waals surface area contributed by atoms with Crippen LogP contribution in [0.2, 0.25) is 0 Å². The van der Waals surface area contributed by atoms with Crippen LogP contribution in [0.25, 0.3) is 0 Å². The van der Waals surface area contributed by atoms with Crippen molar-refractivity contribution in [2.24, 2.45) is 0 Å². The lowest BCUT2D eigenvalue weighted by Gasteiger charge is -2.35. The smallest absolute Gasteiger partial charge is 0.200 e. The van der Waals surface area contributed by atoms with Gasteiger partial charge in [-0.25, -0.2) is 0 Å². The van der Waals surface area contributed by atoms with Crippen LogP contribution in [-0.2, 0) is 0 Å². The standard InChI is InChI=1S/C17H18O6/c1-7-3-10-8(2)15(21)17(23-14(10)6-11(7)18)9-4-12(19)16(22)13(20)5-9/h3-6,8,15,17-22H,1-2H3/t8?,15-,17+/m0/s1. The predicted octanol–water partition coefficient (Wildman–Crippen LogP) is 2.42. The predicted molar refractivity (Wildman–Crippen MR) is 82.1 cm³/mol. The number of aromatic hydroxyl groups is 4. The van der Waals surface area contributed by atoms with Crippen molar-refractivity contribution in [3.63, 3.8) is 0 Å². The van der Waals surface area contributed by atoms with Crippen molar-refractivity contribution in [2.45, 2.75) is 32.0 Å². The van der Waals surface area contributed by atoms with Gasteiger partial charge in [0.15, 0.2) is 23.4 Å². The first-order chi connectivity index (χ1) is 10.8. The van der Waals surface area contributed by atoms with Crippen LogP contribution in [0.1, 0.15) is 35.6 Å². The van der Waals surface area contributed by atoms with Crippen LogP contribution in [-0.4, -0.2) is 31.6 Å². The molecule has 122 valence electrons. The molecule has 3 atom stereocenters. The fraction of sp³-hybridized carbons (Fsp3) is 0.294. The van der Waals surface area contributed by atoms with E-state index in [9.17, 15) is 25.5 Å². The first-order valence-corrected chi connectivity index (χ1v) is 7.22. The topological polar surface area (TPSA) is 110 Å². The molecule has 2 aromatic rings. The number of phenols is 4. The highest BCUT2D eigenvalue weighted by Gasteiger charge is 2.36. The zero-order valence-electron chi connectivity index (χ0n) is 12.7. The second kappa shape index (κ2) is 5.24. The lowest BCUT2D eigenvalue weighted by molar-refractivity contribution is 0.00343. The fourth-order valence-electron chi connectivity index (χ4n) is 2.87. The van der Waals surface area contributed by atoms with Crippen molar-refractivity contribution in [3.8, 4) is 28.7 Å². The van der Waals surface area contributed by atoms with Gasteiger partial charge in [0.2, 0.25) is 0 Å². The van der Waals surface area contributed by atoms with Gasteiger partial charge in [0.25, 0.3) is 0 Å². The Morgan fingerprint density at radius 3 is 2.13 bits per heavy atom. The number of phenolic OH excluding ortho intramolecular Hbond substituents is 4. The van der Waals surface area contributed by atoms with E-state index in [0.717, 1.165) is 5.56 Å². The zero-order valence-corrected chi connectivity index (χ0v) is 12.7. The van der Waals surface area contributed by atoms with Gasteiger partial charge in [-0.15, -0.1) is 0 Å². The molecule has 0 amide bonds. The first kappa shape index (κ1) is 15.3. The molecule has 1 unspecified atom stereocenters. The molecule has 0 aliphatic carbocycles. The highest BCUT2D eigenvalue weighted by molar-refractivity contribution is 5.53. The highest BCUT2D eigenvalue weighted by atomic mass is 16.5. The molecule has 23 heavy (non-hydrogen) atoms. The summed E-state index contributed by atoms with van der Waals surface area (Å²) in [6.07, 6.45) is -1.77. The van der Waals surface area contributed by atoms with Crippen LogP contribution in [0, 0.1) is 6.92 Å². The van der Waals surface area contributed by atoms with Crippen molar-refractivity contribution >= 4 is 0 Å². The first-order valence-electron chi connectivity index (χ1n) is 7.22. The largest absolute Gasteiger partial charge is 0.508 e. The van der Waals surface area contributed by atoms with E-state index in [0.29, 0.717) is 16.9 Å². The summed E-state index contributed by atoms with van der Waals surface area (Å²) in [6, 6.07) is 5.71. The van der Waals surface area contributed by atoms with Gasteiger partial charge in [0.05, 0.1) is 0 Å². The average molecular weight is 318 g/mol. The summed E-state index contributed by atoms with van der Waals surface area (Å²) in [5, 5.41) is 49.1. The molecule has 0 fully saturated rings. The summed E-state index contributed by atoms with van der Waals surface area (Å²) in [5.41, 5.74) is 1.78. The number of benzene rings is 2. The highest BCUT2D eigenvalue weighted by Crippen LogP contribution is 2.46.